The number of aryl methyl sites for hydroxylation is 2. The molecule has 0 atom stereocenters. The summed E-state index contributed by atoms with van der Waals surface area (Å²) in [6, 6.07) is 14.0. The molecule has 146 valence electrons. The molecular formula is C22H25ClN4O. The number of nitrogens with one attached hydrogen (secondary N) is 1. The van der Waals surface area contributed by atoms with Crippen LogP contribution in [-0.4, -0.2) is 46.6 Å². The summed E-state index contributed by atoms with van der Waals surface area (Å²) in [7, 11) is 2.09. The Bertz CT molecular complexity index is 1000. The van der Waals surface area contributed by atoms with Crippen molar-refractivity contribution in [2.45, 2.75) is 13.5 Å². The van der Waals surface area contributed by atoms with E-state index in [9.17, 15) is 4.79 Å². The Hall–Kier alpha value is -2.50. The van der Waals surface area contributed by atoms with Gasteiger partial charge in [0.05, 0.1) is 0 Å². The number of halogens is 1. The molecule has 6 heteroatoms. The van der Waals surface area contributed by atoms with Crippen LogP contribution in [0.5, 0.6) is 0 Å². The number of anilines is 1. The number of fused-ring (bicyclic) bond motifs is 1. The van der Waals surface area contributed by atoms with E-state index in [-0.39, 0.29) is 6.03 Å². The van der Waals surface area contributed by atoms with Gasteiger partial charge < -0.3 is 14.8 Å². The molecule has 0 saturated carbocycles. The Morgan fingerprint density at radius 2 is 1.86 bits per heavy atom. The van der Waals surface area contributed by atoms with Crippen molar-refractivity contribution in [3.63, 3.8) is 0 Å². The van der Waals surface area contributed by atoms with E-state index >= 15 is 0 Å². The van der Waals surface area contributed by atoms with E-state index in [1.165, 1.54) is 16.5 Å². The number of aromatic nitrogens is 1. The van der Waals surface area contributed by atoms with Crippen LogP contribution in [0.3, 0.4) is 0 Å². The van der Waals surface area contributed by atoms with Crippen molar-refractivity contribution >= 4 is 34.2 Å². The normalized spacial score (nSPS) is 15.2. The minimum absolute atomic E-state index is 0.0600. The largest absolute Gasteiger partial charge is 0.350 e. The Kier molecular flexibility index (Phi) is 5.29. The van der Waals surface area contributed by atoms with Gasteiger partial charge in [0.15, 0.2) is 0 Å². The summed E-state index contributed by atoms with van der Waals surface area (Å²) >= 11 is 6.05. The van der Waals surface area contributed by atoms with Gasteiger partial charge in [-0.2, -0.15) is 0 Å². The predicted octanol–water partition coefficient (Wildman–Crippen LogP) is 4.49. The molecule has 2 amide bonds. The second kappa shape index (κ2) is 7.86. The van der Waals surface area contributed by atoms with E-state index in [0.717, 1.165) is 44.0 Å². The zero-order chi connectivity index (χ0) is 19.7. The molecule has 0 bridgehead atoms. The fraction of sp³-hybridized carbons (Fsp3) is 0.318. The summed E-state index contributed by atoms with van der Waals surface area (Å²) in [5.41, 5.74) is 4.38. The van der Waals surface area contributed by atoms with Crippen molar-refractivity contribution in [2.75, 3.05) is 31.5 Å². The molecule has 3 aromatic rings. The molecule has 2 aromatic carbocycles. The summed E-state index contributed by atoms with van der Waals surface area (Å²) in [5, 5.41) is 4.93. The highest BCUT2D eigenvalue weighted by Gasteiger charge is 2.22. The topological polar surface area (TPSA) is 40.5 Å². The first-order valence-electron chi connectivity index (χ1n) is 9.58. The van der Waals surface area contributed by atoms with E-state index in [4.69, 9.17) is 11.6 Å². The van der Waals surface area contributed by atoms with Gasteiger partial charge in [0, 0.05) is 67.6 Å². The summed E-state index contributed by atoms with van der Waals surface area (Å²) in [5.74, 6) is 0. The van der Waals surface area contributed by atoms with Crippen molar-refractivity contribution < 1.29 is 4.79 Å². The van der Waals surface area contributed by atoms with Crippen LogP contribution in [0.15, 0.2) is 48.7 Å². The Labute approximate surface area is 170 Å². The number of rotatable bonds is 3. The third-order valence-corrected chi connectivity index (χ3v) is 5.71. The van der Waals surface area contributed by atoms with E-state index in [2.05, 4.69) is 52.3 Å². The van der Waals surface area contributed by atoms with Gasteiger partial charge in [0.1, 0.15) is 0 Å². The number of hydrogen-bond acceptors (Lipinski definition) is 2. The van der Waals surface area contributed by atoms with Crippen molar-refractivity contribution in [3.8, 4) is 0 Å². The highest BCUT2D eigenvalue weighted by Crippen LogP contribution is 2.23. The predicted molar refractivity (Wildman–Crippen MR) is 115 cm³/mol. The zero-order valence-electron chi connectivity index (χ0n) is 16.3. The minimum atomic E-state index is -0.0600. The Morgan fingerprint density at radius 1 is 1.11 bits per heavy atom. The molecule has 0 aliphatic carbocycles. The lowest BCUT2D eigenvalue weighted by molar-refractivity contribution is 0.143. The number of amides is 2. The summed E-state index contributed by atoms with van der Waals surface area (Å²) in [6.45, 7) is 6.04. The molecule has 4 rings (SSSR count). The SMILES string of the molecule is Cc1ccc(Cl)cc1NC(=O)N1CCN(Cc2cn(C)c3ccccc23)CC1. The minimum Gasteiger partial charge on any atom is -0.350 e. The second-order valence-electron chi connectivity index (χ2n) is 7.43. The lowest BCUT2D eigenvalue weighted by Crippen LogP contribution is -2.49. The molecule has 1 aliphatic heterocycles. The maximum atomic E-state index is 12.6. The zero-order valence-corrected chi connectivity index (χ0v) is 17.0. The third-order valence-electron chi connectivity index (χ3n) is 5.47. The quantitative estimate of drug-likeness (QED) is 0.708. The molecular weight excluding hydrogens is 372 g/mol. The van der Waals surface area contributed by atoms with Crippen molar-refractivity contribution in [2.24, 2.45) is 7.05 Å². The van der Waals surface area contributed by atoms with Gasteiger partial charge in [0.25, 0.3) is 0 Å². The van der Waals surface area contributed by atoms with Crippen LogP contribution in [-0.2, 0) is 13.6 Å². The van der Waals surface area contributed by atoms with Gasteiger partial charge >= 0.3 is 6.03 Å². The second-order valence-corrected chi connectivity index (χ2v) is 7.87. The lowest BCUT2D eigenvalue weighted by Gasteiger charge is -2.34. The monoisotopic (exact) mass is 396 g/mol. The number of benzene rings is 2. The van der Waals surface area contributed by atoms with E-state index in [0.29, 0.717) is 5.02 Å². The lowest BCUT2D eigenvalue weighted by atomic mass is 10.1. The van der Waals surface area contributed by atoms with Crippen LogP contribution in [0.1, 0.15) is 11.1 Å². The van der Waals surface area contributed by atoms with Gasteiger partial charge in [-0.3, -0.25) is 4.90 Å². The smallest absolute Gasteiger partial charge is 0.321 e. The van der Waals surface area contributed by atoms with E-state index in [1.54, 1.807) is 6.07 Å². The van der Waals surface area contributed by atoms with Gasteiger partial charge in [-0.15, -0.1) is 0 Å². The van der Waals surface area contributed by atoms with Crippen LogP contribution in [0, 0.1) is 6.92 Å². The summed E-state index contributed by atoms with van der Waals surface area (Å²) in [6.07, 6.45) is 2.21. The maximum Gasteiger partial charge on any atom is 0.321 e. The molecule has 1 aromatic heterocycles. The fourth-order valence-corrected chi connectivity index (χ4v) is 4.00. The summed E-state index contributed by atoms with van der Waals surface area (Å²) in [4.78, 5) is 16.9. The van der Waals surface area contributed by atoms with Crippen LogP contribution in [0.4, 0.5) is 10.5 Å². The summed E-state index contributed by atoms with van der Waals surface area (Å²) < 4.78 is 2.18. The van der Waals surface area contributed by atoms with Crippen LogP contribution >= 0.6 is 11.6 Å². The standard InChI is InChI=1S/C22H25ClN4O/c1-16-7-8-18(23)13-20(16)24-22(28)27-11-9-26(10-12-27)15-17-14-25(2)21-6-4-3-5-19(17)21/h3-8,13-14H,9-12,15H2,1-2H3,(H,24,28). The molecule has 0 unspecified atom stereocenters. The van der Waals surface area contributed by atoms with Crippen LogP contribution in [0.25, 0.3) is 10.9 Å². The average Bonchev–Trinajstić information content (AvgIpc) is 3.01. The molecule has 1 N–H and O–H groups in total. The van der Waals surface area contributed by atoms with Gasteiger partial charge in [0.2, 0.25) is 0 Å². The number of para-hydroxylation sites is 1. The first-order valence-corrected chi connectivity index (χ1v) is 9.96. The highest BCUT2D eigenvalue weighted by atomic mass is 35.5. The Balaban J connectivity index is 1.36. The number of carbonyl (C=O) groups is 1. The van der Waals surface area contributed by atoms with E-state index in [1.807, 2.05) is 24.0 Å². The molecule has 1 aliphatic rings. The molecule has 1 saturated heterocycles. The highest BCUT2D eigenvalue weighted by molar-refractivity contribution is 6.31. The van der Waals surface area contributed by atoms with Crippen LogP contribution in [0.2, 0.25) is 5.02 Å². The number of carbonyl (C=O) groups excluding carboxylic acids is 1. The number of hydrogen-bond donors (Lipinski definition) is 1. The first kappa shape index (κ1) is 18.8. The first-order chi connectivity index (χ1) is 13.5. The fourth-order valence-electron chi connectivity index (χ4n) is 3.82. The van der Waals surface area contributed by atoms with E-state index < -0.39 is 0 Å². The van der Waals surface area contributed by atoms with Crippen molar-refractivity contribution in [3.05, 3.63) is 64.8 Å². The van der Waals surface area contributed by atoms with Gasteiger partial charge in [-0.1, -0.05) is 35.9 Å². The maximum absolute atomic E-state index is 12.6. The molecule has 0 radical (unpaired) electrons. The molecule has 5 nitrogen and oxygen atoms in total. The molecule has 2 heterocycles. The molecule has 0 spiro atoms. The molecule has 28 heavy (non-hydrogen) atoms. The number of nitrogens with zero attached hydrogens (tertiary/aromatic N) is 3. The number of piperazine rings is 1. The van der Waals surface area contributed by atoms with Crippen molar-refractivity contribution in [1.29, 1.82) is 0 Å². The van der Waals surface area contributed by atoms with Crippen LogP contribution < -0.4 is 5.32 Å². The molecule has 1 fully saturated rings. The van der Waals surface area contributed by atoms with Gasteiger partial charge in [-0.05, 0) is 36.2 Å². The van der Waals surface area contributed by atoms with Crippen molar-refractivity contribution in [1.82, 2.24) is 14.4 Å². The Morgan fingerprint density at radius 3 is 2.64 bits per heavy atom. The third kappa shape index (κ3) is 3.86. The average molecular weight is 397 g/mol. The number of urea groups is 1. The van der Waals surface area contributed by atoms with Gasteiger partial charge in [-0.25, -0.2) is 4.79 Å².